The normalized spacial score (nSPS) is 20.6. The molecule has 0 radical (unpaired) electrons. The van der Waals surface area contributed by atoms with Crippen LogP contribution in [0.5, 0.6) is 0 Å². The summed E-state index contributed by atoms with van der Waals surface area (Å²) >= 11 is 6.27. The molecule has 2 atom stereocenters. The summed E-state index contributed by atoms with van der Waals surface area (Å²) in [4.78, 5) is 28.0. The van der Waals surface area contributed by atoms with E-state index in [9.17, 15) is 26.8 Å². The number of halogens is 3. The molecular weight excluding hydrogens is 546 g/mol. The van der Waals surface area contributed by atoms with E-state index in [-0.39, 0.29) is 44.8 Å². The number of amides is 2. The Labute approximate surface area is 230 Å². The van der Waals surface area contributed by atoms with Gasteiger partial charge in [-0.1, -0.05) is 36.2 Å². The number of likely N-dealkylation sites (tertiary alicyclic amines) is 1. The van der Waals surface area contributed by atoms with E-state index >= 15 is 0 Å². The van der Waals surface area contributed by atoms with Crippen molar-refractivity contribution in [2.45, 2.75) is 24.2 Å². The highest BCUT2D eigenvalue weighted by atomic mass is 35.5. The molecule has 1 N–H and O–H groups in total. The van der Waals surface area contributed by atoms with Crippen molar-refractivity contribution < 1.29 is 26.8 Å². The van der Waals surface area contributed by atoms with Crippen molar-refractivity contribution in [2.24, 2.45) is 11.3 Å². The fourth-order valence-electron chi connectivity index (χ4n) is 5.80. The average molecular weight is 573 g/mol. The maximum atomic E-state index is 14.9. The molecule has 1 heterocycles. The average Bonchev–Trinajstić information content (AvgIpc) is 3.44. The summed E-state index contributed by atoms with van der Waals surface area (Å²) < 4.78 is 52.1. The van der Waals surface area contributed by atoms with E-state index in [0.29, 0.717) is 24.2 Å². The molecule has 6 nitrogen and oxygen atoms in total. The van der Waals surface area contributed by atoms with Crippen LogP contribution in [0.4, 0.5) is 8.78 Å². The number of sulfone groups is 1. The van der Waals surface area contributed by atoms with E-state index in [1.807, 2.05) is 0 Å². The summed E-state index contributed by atoms with van der Waals surface area (Å²) in [6.45, 7) is 1.12. The van der Waals surface area contributed by atoms with Crippen molar-refractivity contribution >= 4 is 33.3 Å². The van der Waals surface area contributed by atoms with Gasteiger partial charge in [-0.15, -0.1) is 0 Å². The van der Waals surface area contributed by atoms with Crippen LogP contribution in [0.2, 0.25) is 5.02 Å². The number of rotatable bonds is 6. The molecule has 1 saturated heterocycles. The summed E-state index contributed by atoms with van der Waals surface area (Å²) in [7, 11) is -3.52. The zero-order valence-corrected chi connectivity index (χ0v) is 22.8. The third-order valence-electron chi connectivity index (χ3n) is 7.92. The second-order valence-electron chi connectivity index (χ2n) is 10.4. The van der Waals surface area contributed by atoms with Gasteiger partial charge in [0.2, 0.25) is 0 Å². The zero-order valence-electron chi connectivity index (χ0n) is 21.2. The van der Waals surface area contributed by atoms with Gasteiger partial charge in [-0.2, -0.15) is 0 Å². The Bertz CT molecular complexity index is 1560. The van der Waals surface area contributed by atoms with Crippen LogP contribution in [0.1, 0.15) is 40.0 Å². The smallest absolute Gasteiger partial charge is 0.255 e. The Morgan fingerprint density at radius 3 is 2.44 bits per heavy atom. The van der Waals surface area contributed by atoms with Gasteiger partial charge >= 0.3 is 0 Å². The molecule has 0 bridgehead atoms. The minimum atomic E-state index is -3.52. The molecule has 39 heavy (non-hydrogen) atoms. The second-order valence-corrected chi connectivity index (χ2v) is 12.9. The number of carbonyl (C=O) groups excluding carboxylic acids is 2. The van der Waals surface area contributed by atoms with Crippen molar-refractivity contribution in [3.05, 3.63) is 88.4 Å². The first-order valence-electron chi connectivity index (χ1n) is 12.6. The number of nitrogens with zero attached hydrogens (tertiary/aromatic N) is 1. The number of nitrogens with one attached hydrogen (secondary N) is 1. The summed E-state index contributed by atoms with van der Waals surface area (Å²) in [5.41, 5.74) is 0.829. The molecule has 2 aliphatic rings. The van der Waals surface area contributed by atoms with Gasteiger partial charge in [0.25, 0.3) is 11.8 Å². The number of hydrogen-bond acceptors (Lipinski definition) is 4. The predicted molar refractivity (Wildman–Crippen MR) is 144 cm³/mol. The summed E-state index contributed by atoms with van der Waals surface area (Å²) in [5.74, 6) is -1.83. The standard InChI is InChI=1S/C29H27ClF2N2O4S/c1-39(37,38)22-9-11-25(30)24(14-22)28(36)34-15-20-3-2-12-29(20,17-34)16-33-27(35)23-10-6-19(13-26(23)32)18-4-7-21(31)8-5-18/h4-11,13-14,20H,2-3,12,15-17H2,1H3,(H,33,35)/t20-,29-/m0/s1. The lowest BCUT2D eigenvalue weighted by molar-refractivity contribution is 0.0767. The first-order chi connectivity index (χ1) is 18.5. The van der Waals surface area contributed by atoms with Crippen molar-refractivity contribution in [3.8, 4) is 11.1 Å². The molecule has 3 aromatic rings. The lowest BCUT2D eigenvalue weighted by Gasteiger charge is -2.29. The van der Waals surface area contributed by atoms with Crippen LogP contribution in [0, 0.1) is 23.0 Å². The monoisotopic (exact) mass is 572 g/mol. The largest absolute Gasteiger partial charge is 0.351 e. The van der Waals surface area contributed by atoms with Gasteiger partial charge in [-0.3, -0.25) is 9.59 Å². The van der Waals surface area contributed by atoms with E-state index < -0.39 is 27.4 Å². The van der Waals surface area contributed by atoms with E-state index in [1.165, 1.54) is 42.5 Å². The van der Waals surface area contributed by atoms with Gasteiger partial charge in [0.05, 0.1) is 21.0 Å². The molecule has 5 rings (SSSR count). The Morgan fingerprint density at radius 2 is 1.74 bits per heavy atom. The van der Waals surface area contributed by atoms with E-state index in [1.54, 1.807) is 23.1 Å². The van der Waals surface area contributed by atoms with Gasteiger partial charge in [0, 0.05) is 31.3 Å². The van der Waals surface area contributed by atoms with E-state index in [4.69, 9.17) is 11.6 Å². The molecule has 0 unspecified atom stereocenters. The van der Waals surface area contributed by atoms with Crippen LogP contribution in [-0.4, -0.2) is 51.0 Å². The molecule has 1 aliphatic heterocycles. The Balaban J connectivity index is 1.30. The third kappa shape index (κ3) is 5.43. The molecule has 0 aromatic heterocycles. The molecule has 1 saturated carbocycles. The van der Waals surface area contributed by atoms with Gasteiger partial charge < -0.3 is 10.2 Å². The van der Waals surface area contributed by atoms with E-state index in [0.717, 1.165) is 25.5 Å². The Kier molecular flexibility index (Phi) is 7.24. The SMILES string of the molecule is CS(=O)(=O)c1ccc(Cl)c(C(=O)N2C[C@@H]3CCC[C@]3(CNC(=O)c3ccc(-c4ccc(F)cc4)cc3F)C2)c1. The van der Waals surface area contributed by atoms with Gasteiger partial charge in [-0.05, 0) is 72.4 Å². The molecule has 0 spiro atoms. The fraction of sp³-hybridized carbons (Fsp3) is 0.310. The molecule has 2 fully saturated rings. The van der Waals surface area contributed by atoms with Crippen LogP contribution in [0.15, 0.2) is 65.6 Å². The van der Waals surface area contributed by atoms with Crippen molar-refractivity contribution in [2.75, 3.05) is 25.9 Å². The number of hydrogen-bond donors (Lipinski definition) is 1. The fourth-order valence-corrected chi connectivity index (χ4v) is 6.65. The maximum Gasteiger partial charge on any atom is 0.255 e. The summed E-state index contributed by atoms with van der Waals surface area (Å²) in [6.07, 6.45) is 3.71. The Morgan fingerprint density at radius 1 is 1.03 bits per heavy atom. The third-order valence-corrected chi connectivity index (χ3v) is 9.36. The van der Waals surface area contributed by atoms with Crippen LogP contribution >= 0.6 is 11.6 Å². The lowest BCUT2D eigenvalue weighted by atomic mass is 9.80. The van der Waals surface area contributed by atoms with Crippen molar-refractivity contribution in [1.29, 1.82) is 0 Å². The minimum absolute atomic E-state index is 0.0177. The number of benzene rings is 3. The van der Waals surface area contributed by atoms with Crippen LogP contribution in [-0.2, 0) is 9.84 Å². The molecule has 2 amide bonds. The quantitative estimate of drug-likeness (QED) is 0.431. The number of fused-ring (bicyclic) bond motifs is 1. The van der Waals surface area contributed by atoms with Gasteiger partial charge in [0.15, 0.2) is 9.84 Å². The maximum absolute atomic E-state index is 14.9. The van der Waals surface area contributed by atoms with Gasteiger partial charge in [0.1, 0.15) is 11.6 Å². The summed E-state index contributed by atoms with van der Waals surface area (Å²) in [6, 6.07) is 14.0. The lowest BCUT2D eigenvalue weighted by Crippen LogP contribution is -2.41. The minimum Gasteiger partial charge on any atom is -0.351 e. The molecule has 10 heteroatoms. The van der Waals surface area contributed by atoms with Crippen LogP contribution < -0.4 is 5.32 Å². The first kappa shape index (κ1) is 27.3. The second kappa shape index (κ2) is 10.4. The summed E-state index contributed by atoms with van der Waals surface area (Å²) in [5, 5.41) is 3.05. The topological polar surface area (TPSA) is 83.6 Å². The molecule has 204 valence electrons. The predicted octanol–water partition coefficient (Wildman–Crippen LogP) is 5.36. The molecule has 3 aromatic carbocycles. The molecule has 1 aliphatic carbocycles. The van der Waals surface area contributed by atoms with Crippen LogP contribution in [0.25, 0.3) is 11.1 Å². The van der Waals surface area contributed by atoms with E-state index in [2.05, 4.69) is 5.32 Å². The van der Waals surface area contributed by atoms with Crippen molar-refractivity contribution in [3.63, 3.8) is 0 Å². The highest BCUT2D eigenvalue weighted by Crippen LogP contribution is 2.48. The van der Waals surface area contributed by atoms with Crippen molar-refractivity contribution in [1.82, 2.24) is 10.2 Å². The van der Waals surface area contributed by atoms with Gasteiger partial charge in [-0.25, -0.2) is 17.2 Å². The molecular formula is C29H27ClF2N2O4S. The first-order valence-corrected chi connectivity index (χ1v) is 14.9. The zero-order chi connectivity index (χ0) is 27.9. The Hall–Kier alpha value is -3.30. The van der Waals surface area contributed by atoms with Crippen LogP contribution in [0.3, 0.4) is 0 Å². The number of carbonyl (C=O) groups is 2. The highest BCUT2D eigenvalue weighted by Gasteiger charge is 2.50. The highest BCUT2D eigenvalue weighted by molar-refractivity contribution is 7.90.